The number of hydrogen-bond donors (Lipinski definition) is 1. The summed E-state index contributed by atoms with van der Waals surface area (Å²) in [6, 6.07) is 8.67. The van der Waals surface area contributed by atoms with Gasteiger partial charge >= 0.3 is 5.97 Å². The smallest absolute Gasteiger partial charge is 0.349 e. The van der Waals surface area contributed by atoms with E-state index in [1.807, 2.05) is 6.26 Å². The number of hydrogen-bond acceptors (Lipinski definition) is 7. The first-order valence-electron chi connectivity index (χ1n) is 7.17. The van der Waals surface area contributed by atoms with E-state index in [2.05, 4.69) is 10.8 Å². The molecule has 0 unspecified atom stereocenters. The zero-order chi connectivity index (χ0) is 18.6. The van der Waals surface area contributed by atoms with Crippen LogP contribution in [-0.2, 0) is 14.8 Å². The number of nitriles is 1. The first-order chi connectivity index (χ1) is 11.8. The third-order valence-electron chi connectivity index (χ3n) is 3.11. The molecule has 0 saturated carbocycles. The lowest BCUT2D eigenvalue weighted by atomic mass is 10.0. The molecule has 0 atom stereocenters. The van der Waals surface area contributed by atoms with Crippen LogP contribution < -0.4 is 4.72 Å². The molecule has 0 aliphatic carbocycles. The Balaban J connectivity index is 2.55. The molecule has 25 heavy (non-hydrogen) atoms. The highest BCUT2D eigenvalue weighted by molar-refractivity contribution is 8.00. The molecule has 2 aromatic rings. The average Bonchev–Trinajstić information content (AvgIpc) is 2.93. The van der Waals surface area contributed by atoms with Crippen LogP contribution in [0.4, 0.5) is 5.69 Å². The predicted octanol–water partition coefficient (Wildman–Crippen LogP) is 3.56. The van der Waals surface area contributed by atoms with Crippen molar-refractivity contribution < 1.29 is 17.9 Å². The van der Waals surface area contributed by atoms with Crippen molar-refractivity contribution in [2.75, 3.05) is 23.8 Å². The minimum Gasteiger partial charge on any atom is -0.462 e. The van der Waals surface area contributed by atoms with Crippen molar-refractivity contribution >= 4 is 44.8 Å². The number of thioether (sulfide) groups is 1. The Hall–Kier alpha value is -2.02. The molecule has 1 aromatic heterocycles. The Labute approximate surface area is 154 Å². The van der Waals surface area contributed by atoms with Gasteiger partial charge in [-0.05, 0) is 30.9 Å². The van der Waals surface area contributed by atoms with E-state index in [0.29, 0.717) is 27.3 Å². The summed E-state index contributed by atoms with van der Waals surface area (Å²) in [7, 11) is -3.37. The number of nitrogens with one attached hydrogen (secondary N) is 1. The molecule has 0 aliphatic heterocycles. The van der Waals surface area contributed by atoms with Crippen LogP contribution in [0.2, 0.25) is 0 Å². The molecule has 0 saturated heterocycles. The van der Waals surface area contributed by atoms with E-state index in [1.165, 1.54) is 23.1 Å². The summed E-state index contributed by atoms with van der Waals surface area (Å²) in [6.07, 6.45) is 2.90. The molecule has 1 N–H and O–H groups in total. The number of carbonyl (C=O) groups is 1. The first-order valence-corrected chi connectivity index (χ1v) is 11.1. The number of carbonyl (C=O) groups excluding carboxylic acids is 1. The summed E-state index contributed by atoms with van der Waals surface area (Å²) in [5, 5.41) is 9.52. The fraction of sp³-hybridized carbons (Fsp3) is 0.250. The topological polar surface area (TPSA) is 96.3 Å². The molecular weight excluding hydrogens is 380 g/mol. The second-order valence-electron chi connectivity index (χ2n) is 4.96. The molecule has 0 aliphatic rings. The van der Waals surface area contributed by atoms with Crippen LogP contribution in [0.5, 0.6) is 0 Å². The van der Waals surface area contributed by atoms with E-state index in [9.17, 15) is 18.5 Å². The third kappa shape index (κ3) is 4.54. The maximum atomic E-state index is 12.3. The number of benzene rings is 1. The summed E-state index contributed by atoms with van der Waals surface area (Å²) in [5.74, 6) is -0.474. The zero-order valence-corrected chi connectivity index (χ0v) is 16.3. The fourth-order valence-corrected chi connectivity index (χ4v) is 4.59. The van der Waals surface area contributed by atoms with Crippen LogP contribution in [0, 0.1) is 11.3 Å². The van der Waals surface area contributed by atoms with Gasteiger partial charge in [-0.3, -0.25) is 4.72 Å². The van der Waals surface area contributed by atoms with Gasteiger partial charge in [0.25, 0.3) is 0 Å². The highest BCUT2D eigenvalue weighted by atomic mass is 32.2. The van der Waals surface area contributed by atoms with E-state index in [0.717, 1.165) is 10.5 Å². The van der Waals surface area contributed by atoms with Gasteiger partial charge in [-0.25, -0.2) is 13.2 Å². The second kappa shape index (κ2) is 7.91. The largest absolute Gasteiger partial charge is 0.462 e. The van der Waals surface area contributed by atoms with Crippen molar-refractivity contribution in [2.45, 2.75) is 11.1 Å². The SMILES string of the molecule is CCOC(=O)c1sc(SC)c(C#N)c1-c1ccc(NS(C)(=O)=O)cc1. The normalized spacial score (nSPS) is 11.0. The molecular formula is C16H16N2O4S3. The van der Waals surface area contributed by atoms with Crippen molar-refractivity contribution in [1.29, 1.82) is 5.26 Å². The van der Waals surface area contributed by atoms with Gasteiger partial charge in [0.05, 0.1) is 22.6 Å². The van der Waals surface area contributed by atoms with Crippen LogP contribution >= 0.6 is 23.1 Å². The molecule has 0 bridgehead atoms. The van der Waals surface area contributed by atoms with Crippen molar-refractivity contribution in [1.82, 2.24) is 0 Å². The number of esters is 1. The van der Waals surface area contributed by atoms with Crippen LogP contribution in [0.3, 0.4) is 0 Å². The van der Waals surface area contributed by atoms with Gasteiger partial charge in [-0.2, -0.15) is 5.26 Å². The van der Waals surface area contributed by atoms with Gasteiger partial charge in [-0.15, -0.1) is 23.1 Å². The van der Waals surface area contributed by atoms with Crippen LogP contribution in [-0.4, -0.2) is 33.5 Å². The zero-order valence-electron chi connectivity index (χ0n) is 13.8. The van der Waals surface area contributed by atoms with Crippen molar-refractivity contribution in [3.05, 3.63) is 34.7 Å². The first kappa shape index (κ1) is 19.3. The summed E-state index contributed by atoms with van der Waals surface area (Å²) < 4.78 is 30.8. The molecule has 6 nitrogen and oxygen atoms in total. The lowest BCUT2D eigenvalue weighted by molar-refractivity contribution is 0.0533. The molecule has 1 heterocycles. The van der Waals surface area contributed by atoms with E-state index < -0.39 is 16.0 Å². The number of anilines is 1. The molecule has 0 amide bonds. The Kier molecular flexibility index (Phi) is 6.11. The number of nitrogens with zero attached hydrogens (tertiary/aromatic N) is 1. The van der Waals surface area contributed by atoms with E-state index in [4.69, 9.17) is 4.74 Å². The van der Waals surface area contributed by atoms with E-state index >= 15 is 0 Å². The van der Waals surface area contributed by atoms with Crippen LogP contribution in [0.15, 0.2) is 28.5 Å². The van der Waals surface area contributed by atoms with E-state index in [-0.39, 0.29) is 6.61 Å². The quantitative estimate of drug-likeness (QED) is 0.592. The second-order valence-corrected chi connectivity index (χ2v) is 8.80. The Bertz CT molecular complexity index is 926. The number of ether oxygens (including phenoxy) is 1. The molecule has 132 valence electrons. The minimum atomic E-state index is -3.37. The highest BCUT2D eigenvalue weighted by Gasteiger charge is 2.24. The predicted molar refractivity (Wildman–Crippen MR) is 101 cm³/mol. The summed E-state index contributed by atoms with van der Waals surface area (Å²) in [5.41, 5.74) is 1.99. The van der Waals surface area contributed by atoms with Gasteiger partial charge < -0.3 is 4.74 Å². The van der Waals surface area contributed by atoms with Gasteiger partial charge in [-0.1, -0.05) is 12.1 Å². The maximum absolute atomic E-state index is 12.3. The van der Waals surface area contributed by atoms with Gasteiger partial charge in [0, 0.05) is 11.3 Å². The number of sulfonamides is 1. The average molecular weight is 397 g/mol. The lowest BCUT2D eigenvalue weighted by Crippen LogP contribution is -2.09. The standard InChI is InChI=1S/C16H16N2O4S3/c1-4-22-15(19)14-13(12(9-17)16(23-2)24-14)10-5-7-11(8-6-10)18-25(3,20)21/h5-8,18H,4H2,1-3H3. The molecule has 0 fully saturated rings. The van der Waals surface area contributed by atoms with Crippen molar-refractivity contribution in [2.24, 2.45) is 0 Å². The summed E-state index contributed by atoms with van der Waals surface area (Å²) in [4.78, 5) is 12.6. The fourth-order valence-electron chi connectivity index (χ4n) is 2.19. The molecule has 9 heteroatoms. The minimum absolute atomic E-state index is 0.240. The van der Waals surface area contributed by atoms with Crippen molar-refractivity contribution in [3.63, 3.8) is 0 Å². The van der Waals surface area contributed by atoms with Crippen LogP contribution in [0.1, 0.15) is 22.2 Å². The summed E-state index contributed by atoms with van der Waals surface area (Å²) in [6.45, 7) is 1.96. The monoisotopic (exact) mass is 396 g/mol. The molecule has 2 rings (SSSR count). The molecule has 0 radical (unpaired) electrons. The Morgan fingerprint density at radius 1 is 1.36 bits per heavy atom. The van der Waals surface area contributed by atoms with Crippen LogP contribution in [0.25, 0.3) is 11.1 Å². The van der Waals surface area contributed by atoms with Gasteiger partial charge in [0.1, 0.15) is 10.9 Å². The highest BCUT2D eigenvalue weighted by Crippen LogP contribution is 2.41. The summed E-state index contributed by atoms with van der Waals surface area (Å²) >= 11 is 2.61. The molecule has 0 spiro atoms. The van der Waals surface area contributed by atoms with Gasteiger partial charge in [0.15, 0.2) is 0 Å². The Morgan fingerprint density at radius 3 is 2.48 bits per heavy atom. The van der Waals surface area contributed by atoms with Gasteiger partial charge in [0.2, 0.25) is 10.0 Å². The lowest BCUT2D eigenvalue weighted by Gasteiger charge is -2.07. The third-order valence-corrected chi connectivity index (χ3v) is 6.01. The number of rotatable bonds is 6. The van der Waals surface area contributed by atoms with Crippen molar-refractivity contribution in [3.8, 4) is 17.2 Å². The van der Waals surface area contributed by atoms with E-state index in [1.54, 1.807) is 31.2 Å². The number of thiophene rings is 1. The Morgan fingerprint density at radius 2 is 2.00 bits per heavy atom. The maximum Gasteiger partial charge on any atom is 0.349 e. The molecule has 1 aromatic carbocycles.